The fourth-order valence-corrected chi connectivity index (χ4v) is 14.1. The fraction of sp³-hybridized carbons (Fsp3) is 0.517. The highest BCUT2D eigenvalue weighted by Gasteiger charge is 2.50. The molecule has 412 valence electrons. The summed E-state index contributed by atoms with van der Waals surface area (Å²) >= 11 is 0. The highest BCUT2D eigenvalue weighted by atomic mass is 19.1. The predicted molar refractivity (Wildman–Crippen MR) is 293 cm³/mol. The Morgan fingerprint density at radius 3 is 2.62 bits per heavy atom. The van der Waals surface area contributed by atoms with Crippen LogP contribution in [0.3, 0.4) is 0 Å². The van der Waals surface area contributed by atoms with Crippen LogP contribution < -0.4 is 19.9 Å². The van der Waals surface area contributed by atoms with Crippen molar-refractivity contribution in [2.75, 3.05) is 69.0 Å². The minimum absolute atomic E-state index is 0.0108. The van der Waals surface area contributed by atoms with Gasteiger partial charge in [0, 0.05) is 80.4 Å². The molecule has 6 aromatic rings. The first-order valence-corrected chi connectivity index (χ1v) is 28.4. The molecule has 0 bridgehead atoms. The van der Waals surface area contributed by atoms with Crippen LogP contribution in [-0.4, -0.2) is 147 Å². The lowest BCUT2D eigenvalue weighted by atomic mass is 9.92. The van der Waals surface area contributed by atoms with E-state index in [-0.39, 0.29) is 89.8 Å². The van der Waals surface area contributed by atoms with E-state index in [1.54, 1.807) is 18.2 Å². The van der Waals surface area contributed by atoms with Crippen molar-refractivity contribution in [2.45, 2.75) is 132 Å². The van der Waals surface area contributed by atoms with Gasteiger partial charge in [0.25, 0.3) is 0 Å². The Morgan fingerprint density at radius 2 is 1.78 bits per heavy atom. The number of anilines is 2. The minimum atomic E-state index is -0.647. The third-order valence-electron chi connectivity index (χ3n) is 18.2. The first-order valence-electron chi connectivity index (χ1n) is 28.4. The van der Waals surface area contributed by atoms with Crippen LogP contribution in [-0.2, 0) is 37.3 Å². The van der Waals surface area contributed by atoms with Gasteiger partial charge in [0.2, 0.25) is 11.8 Å². The second-order valence-corrected chi connectivity index (χ2v) is 22.9. The molecule has 7 aliphatic heterocycles. The van der Waals surface area contributed by atoms with Gasteiger partial charge in [-0.1, -0.05) is 30.2 Å². The van der Waals surface area contributed by atoms with Crippen LogP contribution in [0.2, 0.25) is 0 Å². The molecule has 1 N–H and O–H groups in total. The SMILES string of the molecule is C#Cc1c(F)ccc2cccc(-c3nc4c5c(nc(OCC67CCCN6[C@H](COC(=O)N6CC[C@@H](OC8CCN(c9ccc%10c(C%11CCC(=O)NC%11=O)nn(C)c%10c9)CC8)C[C@@H]6C)CC7)nc5c3F)N3CCCOC[C@@H]3CC4)c12. The van der Waals surface area contributed by atoms with Gasteiger partial charge in [-0.15, -0.1) is 6.42 Å². The number of piperidine rings is 3. The van der Waals surface area contributed by atoms with Crippen LogP contribution in [0.15, 0.2) is 48.5 Å². The molecule has 0 spiro atoms. The molecule has 7 aliphatic rings. The van der Waals surface area contributed by atoms with Crippen molar-refractivity contribution in [3.05, 3.63) is 77.1 Å². The zero-order valence-electron chi connectivity index (χ0n) is 44.9. The molecule has 17 nitrogen and oxygen atoms in total. The number of carbonyl (C=O) groups excluding carboxylic acids is 3. The van der Waals surface area contributed by atoms with Gasteiger partial charge in [0.05, 0.1) is 64.2 Å². The number of hydrogen-bond donors (Lipinski definition) is 1. The lowest BCUT2D eigenvalue weighted by Gasteiger charge is -2.40. The average molecular weight is 1080 g/mol. The first-order chi connectivity index (χ1) is 38.4. The number of imide groups is 1. The highest BCUT2D eigenvalue weighted by Crippen LogP contribution is 2.45. The number of nitrogens with zero attached hydrogens (tertiary/aromatic N) is 9. The molecule has 6 saturated heterocycles. The number of nitrogens with one attached hydrogen (secondary N) is 1. The lowest BCUT2D eigenvalue weighted by molar-refractivity contribution is -0.134. The fourth-order valence-electron chi connectivity index (χ4n) is 14.1. The molecule has 3 aromatic heterocycles. The van der Waals surface area contributed by atoms with Gasteiger partial charge in [-0.05, 0) is 120 Å². The number of rotatable bonds is 10. The number of halogens is 2. The quantitative estimate of drug-likeness (QED) is 0.103. The molecule has 0 saturated carbocycles. The molecule has 0 aliphatic carbocycles. The monoisotopic (exact) mass is 1080 g/mol. The Labute approximate surface area is 457 Å². The summed E-state index contributed by atoms with van der Waals surface area (Å²) in [6.45, 7) is 7.53. The van der Waals surface area contributed by atoms with Crippen molar-refractivity contribution in [3.63, 3.8) is 0 Å². The van der Waals surface area contributed by atoms with Gasteiger partial charge in [0.1, 0.15) is 36.1 Å². The normalized spacial score (nSPS) is 25.8. The minimum Gasteiger partial charge on any atom is -0.461 e. The number of pyridine rings is 1. The van der Waals surface area contributed by atoms with Crippen LogP contribution in [0.1, 0.15) is 107 Å². The Morgan fingerprint density at radius 1 is 0.924 bits per heavy atom. The third kappa shape index (κ3) is 9.36. The van der Waals surface area contributed by atoms with Crippen molar-refractivity contribution in [3.8, 4) is 29.6 Å². The maximum atomic E-state index is 17.5. The van der Waals surface area contributed by atoms with Gasteiger partial charge in [0.15, 0.2) is 5.82 Å². The molecular formula is C60H66F2N10O7. The van der Waals surface area contributed by atoms with Crippen molar-refractivity contribution in [1.82, 2.24) is 39.8 Å². The van der Waals surface area contributed by atoms with Crippen molar-refractivity contribution in [2.24, 2.45) is 7.05 Å². The van der Waals surface area contributed by atoms with E-state index < -0.39 is 17.6 Å². The van der Waals surface area contributed by atoms with Crippen molar-refractivity contribution in [1.29, 1.82) is 0 Å². The summed E-state index contributed by atoms with van der Waals surface area (Å²) in [4.78, 5) is 62.0. The number of benzene rings is 3. The van der Waals surface area contributed by atoms with Gasteiger partial charge in [-0.2, -0.15) is 15.1 Å². The number of aromatic nitrogens is 5. The van der Waals surface area contributed by atoms with E-state index in [9.17, 15) is 14.4 Å². The summed E-state index contributed by atoms with van der Waals surface area (Å²) in [5.41, 5.74) is 3.70. The number of ether oxygens (including phenoxy) is 4. The van der Waals surface area contributed by atoms with Crippen LogP contribution in [0.4, 0.5) is 25.1 Å². The van der Waals surface area contributed by atoms with E-state index in [2.05, 4.69) is 45.0 Å². The Bertz CT molecular complexity index is 3450. The molecule has 3 aromatic carbocycles. The zero-order chi connectivity index (χ0) is 54.1. The molecule has 3 amide bonds. The van der Waals surface area contributed by atoms with E-state index in [4.69, 9.17) is 45.4 Å². The van der Waals surface area contributed by atoms with Gasteiger partial charge < -0.3 is 33.6 Å². The van der Waals surface area contributed by atoms with E-state index >= 15 is 8.78 Å². The summed E-state index contributed by atoms with van der Waals surface area (Å²) in [6.07, 6.45) is 15.3. The summed E-state index contributed by atoms with van der Waals surface area (Å²) in [5.74, 6) is 0.910. The van der Waals surface area contributed by atoms with Crippen molar-refractivity contribution < 1.29 is 42.1 Å². The number of hydrogen-bond acceptors (Lipinski definition) is 14. The van der Waals surface area contributed by atoms with E-state index in [1.807, 2.05) is 28.8 Å². The number of fused-ring (bicyclic) bond motifs is 5. The molecular weight excluding hydrogens is 1010 g/mol. The smallest absolute Gasteiger partial charge is 0.410 e. The Balaban J connectivity index is 0.642. The second kappa shape index (κ2) is 20.9. The van der Waals surface area contributed by atoms with Crippen LogP contribution in [0.25, 0.3) is 43.8 Å². The number of aryl methyl sites for hydroxylation is 2. The Kier molecular flexibility index (Phi) is 13.6. The number of amides is 3. The average Bonchev–Trinajstić information content (AvgIpc) is 4.15. The molecule has 6 fully saturated rings. The maximum Gasteiger partial charge on any atom is 0.410 e. The molecule has 0 radical (unpaired) electrons. The molecule has 79 heavy (non-hydrogen) atoms. The summed E-state index contributed by atoms with van der Waals surface area (Å²) in [6, 6.07) is 14.7. The van der Waals surface area contributed by atoms with Crippen molar-refractivity contribution >= 4 is 62.0 Å². The summed E-state index contributed by atoms with van der Waals surface area (Å²) in [7, 11) is 1.89. The topological polar surface area (TPSA) is 170 Å². The number of likely N-dealkylation sites (tertiary alicyclic amines) is 1. The van der Waals surface area contributed by atoms with Gasteiger partial charge >= 0.3 is 12.1 Å². The number of terminal acetylenes is 1. The molecule has 6 atom stereocenters. The summed E-state index contributed by atoms with van der Waals surface area (Å²) < 4.78 is 60.1. The van der Waals surface area contributed by atoms with Crippen LogP contribution in [0.5, 0.6) is 6.01 Å². The molecule has 10 heterocycles. The first kappa shape index (κ1) is 51.4. The number of carbonyl (C=O) groups is 3. The zero-order valence-corrected chi connectivity index (χ0v) is 44.9. The van der Waals surface area contributed by atoms with E-state index in [0.717, 1.165) is 94.0 Å². The molecule has 13 rings (SSSR count). The highest BCUT2D eigenvalue weighted by molar-refractivity contribution is 6.04. The van der Waals surface area contributed by atoms with Gasteiger partial charge in [-0.25, -0.2) is 18.6 Å². The van der Waals surface area contributed by atoms with E-state index in [0.29, 0.717) is 90.9 Å². The Hall–Kier alpha value is -7.01. The third-order valence-corrected chi connectivity index (χ3v) is 18.2. The predicted octanol–water partition coefficient (Wildman–Crippen LogP) is 8.10. The molecule has 2 unspecified atom stereocenters. The van der Waals surface area contributed by atoms with Gasteiger partial charge in [-0.3, -0.25) is 24.5 Å². The standard InChI is InChI=1S/C60H66F2N10O7/c1-4-42-46(61)15-10-36-8-5-9-44(50(36)42)54-52(62)55-51-47(63-54)16-12-38-32-76-29-7-24-71(38)56(51)66-58(65-55)78-34-60-22-6-25-72(60)39(18-23-60)33-77-59(75)70-28-21-41(30-35(70)2)79-40-19-26-69(27-20-40)37-11-13-43-48(31-37)68(3)67-53(43)45-14-17-49(73)64-57(45)74/h1,5,8-11,13,15,31,35,38-41,45H,6-7,12,14,16-30,32-34H2,2-3H3,(H,64,73,74)/t35-,38-,39-,41+,45?,60?/m0/s1. The van der Waals surface area contributed by atoms with E-state index in [1.165, 1.54) is 6.07 Å². The lowest BCUT2D eigenvalue weighted by Crippen LogP contribution is -2.50. The van der Waals surface area contributed by atoms with Crippen LogP contribution in [0, 0.1) is 24.0 Å². The molecule has 19 heteroatoms. The second-order valence-electron chi connectivity index (χ2n) is 22.9. The van der Waals surface area contributed by atoms with Crippen LogP contribution >= 0.6 is 0 Å². The largest absolute Gasteiger partial charge is 0.461 e. The summed E-state index contributed by atoms with van der Waals surface area (Å²) in [5, 5.41) is 9.76. The maximum absolute atomic E-state index is 17.5.